The van der Waals surface area contributed by atoms with Crippen molar-refractivity contribution >= 4 is 32.4 Å². The van der Waals surface area contributed by atoms with E-state index in [1.807, 2.05) is 6.07 Å². The number of hydrogen-bond donors (Lipinski definition) is 1. The quantitative estimate of drug-likeness (QED) is 0.658. The molecule has 0 saturated carbocycles. The van der Waals surface area contributed by atoms with Crippen molar-refractivity contribution in [1.29, 1.82) is 0 Å². The standard InChI is InChI=1S/C13H15ClN2O2S/c14-7-1-2-8-16-19(17,18)13-5-3-4-11-10-15-9-6-12(11)13/h3-6,9-10,16H,1-2,7-8H2. The molecule has 1 aromatic heterocycles. The highest BCUT2D eigenvalue weighted by Gasteiger charge is 2.16. The molecule has 6 heteroatoms. The summed E-state index contributed by atoms with van der Waals surface area (Å²) in [5, 5.41) is 1.49. The van der Waals surface area contributed by atoms with Crippen LogP contribution in [0.4, 0.5) is 0 Å². The zero-order valence-corrected chi connectivity index (χ0v) is 11.9. The van der Waals surface area contributed by atoms with Gasteiger partial charge in [-0.1, -0.05) is 12.1 Å². The monoisotopic (exact) mass is 298 g/mol. The summed E-state index contributed by atoms with van der Waals surface area (Å²) >= 11 is 5.56. The maximum atomic E-state index is 12.2. The SMILES string of the molecule is O=S(=O)(NCCCCCl)c1cccc2cnccc12. The Morgan fingerprint density at radius 1 is 1.21 bits per heavy atom. The van der Waals surface area contributed by atoms with E-state index in [0.717, 1.165) is 18.2 Å². The third-order valence-corrected chi connectivity index (χ3v) is 4.57. The molecule has 0 aliphatic heterocycles. The number of pyridine rings is 1. The normalized spacial score (nSPS) is 11.8. The number of halogens is 1. The van der Waals surface area contributed by atoms with Crippen molar-refractivity contribution in [2.24, 2.45) is 0 Å². The Labute approximate surface area is 117 Å². The van der Waals surface area contributed by atoms with E-state index >= 15 is 0 Å². The molecular formula is C13H15ClN2O2S. The van der Waals surface area contributed by atoms with Crippen molar-refractivity contribution in [2.75, 3.05) is 12.4 Å². The summed E-state index contributed by atoms with van der Waals surface area (Å²) in [4.78, 5) is 4.28. The van der Waals surface area contributed by atoms with Gasteiger partial charge < -0.3 is 0 Å². The lowest BCUT2D eigenvalue weighted by Gasteiger charge is -2.09. The predicted molar refractivity (Wildman–Crippen MR) is 76.9 cm³/mol. The number of nitrogens with one attached hydrogen (secondary N) is 1. The van der Waals surface area contributed by atoms with E-state index in [4.69, 9.17) is 11.6 Å². The number of hydrogen-bond acceptors (Lipinski definition) is 3. The molecule has 2 aromatic rings. The second-order valence-electron chi connectivity index (χ2n) is 4.15. The minimum absolute atomic E-state index is 0.290. The van der Waals surface area contributed by atoms with Gasteiger partial charge in [-0.15, -0.1) is 11.6 Å². The first-order valence-corrected chi connectivity index (χ1v) is 8.05. The van der Waals surface area contributed by atoms with E-state index in [0.29, 0.717) is 22.7 Å². The van der Waals surface area contributed by atoms with Crippen LogP contribution >= 0.6 is 11.6 Å². The summed E-state index contributed by atoms with van der Waals surface area (Å²) in [6.07, 6.45) is 4.77. The summed E-state index contributed by atoms with van der Waals surface area (Å²) < 4.78 is 27.1. The molecule has 2 rings (SSSR count). The van der Waals surface area contributed by atoms with E-state index in [9.17, 15) is 8.42 Å². The molecule has 0 aliphatic carbocycles. The van der Waals surface area contributed by atoms with Gasteiger partial charge >= 0.3 is 0 Å². The summed E-state index contributed by atoms with van der Waals surface area (Å²) in [5.41, 5.74) is 0. The molecule has 1 heterocycles. The first-order chi connectivity index (χ1) is 9.15. The largest absolute Gasteiger partial charge is 0.264 e. The highest BCUT2D eigenvalue weighted by Crippen LogP contribution is 2.21. The minimum atomic E-state index is -3.49. The Morgan fingerprint density at radius 2 is 2.05 bits per heavy atom. The Bertz CT molecular complexity index is 653. The first-order valence-electron chi connectivity index (χ1n) is 6.03. The molecule has 19 heavy (non-hydrogen) atoms. The Hall–Kier alpha value is -1.17. The molecule has 0 unspecified atom stereocenters. The molecule has 4 nitrogen and oxygen atoms in total. The highest BCUT2D eigenvalue weighted by atomic mass is 35.5. The molecule has 0 bridgehead atoms. The Morgan fingerprint density at radius 3 is 2.84 bits per heavy atom. The van der Waals surface area contributed by atoms with Gasteiger partial charge in [0.1, 0.15) is 0 Å². The van der Waals surface area contributed by atoms with Gasteiger partial charge in [0.05, 0.1) is 4.90 Å². The maximum absolute atomic E-state index is 12.2. The maximum Gasteiger partial charge on any atom is 0.241 e. The fourth-order valence-electron chi connectivity index (χ4n) is 1.83. The number of unbranched alkanes of at least 4 members (excludes halogenated alkanes) is 1. The predicted octanol–water partition coefficient (Wildman–Crippen LogP) is 2.53. The average Bonchev–Trinajstić information content (AvgIpc) is 2.43. The Balaban J connectivity index is 2.28. The summed E-state index contributed by atoms with van der Waals surface area (Å²) in [6, 6.07) is 6.88. The van der Waals surface area contributed by atoms with Gasteiger partial charge in [0.15, 0.2) is 0 Å². The van der Waals surface area contributed by atoms with Crippen LogP contribution in [0, 0.1) is 0 Å². The number of benzene rings is 1. The number of alkyl halides is 1. The van der Waals surface area contributed by atoms with Crippen molar-refractivity contribution in [2.45, 2.75) is 17.7 Å². The summed E-state index contributed by atoms with van der Waals surface area (Å²) in [5.74, 6) is 0.543. The molecule has 0 saturated heterocycles. The zero-order valence-electron chi connectivity index (χ0n) is 10.3. The van der Waals surface area contributed by atoms with E-state index in [1.54, 1.807) is 30.6 Å². The van der Waals surface area contributed by atoms with Crippen LogP contribution in [0.1, 0.15) is 12.8 Å². The molecule has 0 aliphatic rings. The van der Waals surface area contributed by atoms with Crippen LogP contribution in [0.15, 0.2) is 41.6 Å². The average molecular weight is 299 g/mol. The molecule has 0 radical (unpaired) electrons. The van der Waals surface area contributed by atoms with E-state index in [-0.39, 0.29) is 0 Å². The molecule has 0 spiro atoms. The lowest BCUT2D eigenvalue weighted by molar-refractivity contribution is 0.579. The smallest absolute Gasteiger partial charge is 0.241 e. The lowest BCUT2D eigenvalue weighted by Crippen LogP contribution is -2.25. The third-order valence-electron chi connectivity index (χ3n) is 2.78. The fraction of sp³-hybridized carbons (Fsp3) is 0.308. The number of fused-ring (bicyclic) bond motifs is 1. The number of rotatable bonds is 6. The van der Waals surface area contributed by atoms with Crippen LogP contribution in [0.25, 0.3) is 10.8 Å². The molecule has 0 fully saturated rings. The van der Waals surface area contributed by atoms with Crippen LogP contribution in [-0.4, -0.2) is 25.8 Å². The number of nitrogens with zero attached hydrogens (tertiary/aromatic N) is 1. The summed E-state index contributed by atoms with van der Waals surface area (Å²) in [6.45, 7) is 0.399. The fourth-order valence-corrected chi connectivity index (χ4v) is 3.32. The van der Waals surface area contributed by atoms with E-state index in [2.05, 4.69) is 9.71 Å². The van der Waals surface area contributed by atoms with Gasteiger partial charge in [0.2, 0.25) is 10.0 Å². The highest BCUT2D eigenvalue weighted by molar-refractivity contribution is 7.89. The van der Waals surface area contributed by atoms with Crippen LogP contribution in [0.5, 0.6) is 0 Å². The number of aromatic nitrogens is 1. The van der Waals surface area contributed by atoms with Gasteiger partial charge in [-0.3, -0.25) is 4.98 Å². The summed E-state index contributed by atoms with van der Waals surface area (Å²) in [7, 11) is -3.49. The van der Waals surface area contributed by atoms with Crippen molar-refractivity contribution in [3.63, 3.8) is 0 Å². The van der Waals surface area contributed by atoms with Crippen LogP contribution in [0.2, 0.25) is 0 Å². The third kappa shape index (κ3) is 3.43. The molecule has 0 atom stereocenters. The number of sulfonamides is 1. The molecule has 102 valence electrons. The van der Waals surface area contributed by atoms with Crippen molar-refractivity contribution < 1.29 is 8.42 Å². The van der Waals surface area contributed by atoms with Gasteiger partial charge in [-0.25, -0.2) is 13.1 Å². The van der Waals surface area contributed by atoms with Crippen molar-refractivity contribution in [1.82, 2.24) is 9.71 Å². The van der Waals surface area contributed by atoms with Crippen LogP contribution in [-0.2, 0) is 10.0 Å². The molecule has 1 aromatic carbocycles. The second kappa shape index (κ2) is 6.32. The molecule has 0 amide bonds. The first kappa shape index (κ1) is 14.2. The van der Waals surface area contributed by atoms with E-state index in [1.165, 1.54) is 0 Å². The lowest BCUT2D eigenvalue weighted by atomic mass is 10.2. The molecular weight excluding hydrogens is 284 g/mol. The zero-order chi connectivity index (χ0) is 13.7. The second-order valence-corrected chi connectivity index (χ2v) is 6.26. The van der Waals surface area contributed by atoms with Gasteiger partial charge in [-0.05, 0) is 25.0 Å². The van der Waals surface area contributed by atoms with Crippen molar-refractivity contribution in [3.05, 3.63) is 36.7 Å². The Kier molecular flexibility index (Phi) is 4.74. The minimum Gasteiger partial charge on any atom is -0.264 e. The molecule has 1 N–H and O–H groups in total. The van der Waals surface area contributed by atoms with Gasteiger partial charge in [0.25, 0.3) is 0 Å². The van der Waals surface area contributed by atoms with Crippen molar-refractivity contribution in [3.8, 4) is 0 Å². The van der Waals surface area contributed by atoms with Gasteiger partial charge in [-0.2, -0.15) is 0 Å². The van der Waals surface area contributed by atoms with E-state index < -0.39 is 10.0 Å². The van der Waals surface area contributed by atoms with Gasteiger partial charge in [0, 0.05) is 35.6 Å². The van der Waals surface area contributed by atoms with Crippen LogP contribution < -0.4 is 4.72 Å². The van der Waals surface area contributed by atoms with Crippen LogP contribution in [0.3, 0.4) is 0 Å². The topological polar surface area (TPSA) is 59.1 Å².